The van der Waals surface area contributed by atoms with Crippen LogP contribution in [0.15, 0.2) is 97.3 Å². The Bertz CT molecular complexity index is 1730. The number of anilines is 1. The van der Waals surface area contributed by atoms with Gasteiger partial charge >= 0.3 is 0 Å². The van der Waals surface area contributed by atoms with E-state index in [0.717, 1.165) is 45.1 Å². The normalized spacial score (nSPS) is 14.9. The fraction of sp³-hybridized carbons (Fsp3) is 0.0741. The third-order valence-corrected chi connectivity index (χ3v) is 6.46. The van der Waals surface area contributed by atoms with E-state index in [1.165, 1.54) is 0 Å². The largest absolute Gasteiger partial charge is 0.324 e. The molecule has 1 N–H and O–H groups in total. The summed E-state index contributed by atoms with van der Waals surface area (Å²) in [4.78, 5) is 0. The molecule has 9 heteroatoms. The number of nitrogens with one attached hydrogen (secondary N) is 1. The van der Waals surface area contributed by atoms with Crippen molar-refractivity contribution >= 4 is 22.7 Å². The summed E-state index contributed by atoms with van der Waals surface area (Å²) in [7, 11) is 0. The zero-order valence-corrected chi connectivity index (χ0v) is 19.4. The average molecular weight is 472 g/mol. The lowest BCUT2D eigenvalue weighted by Gasteiger charge is -2.25. The minimum absolute atomic E-state index is 0.220. The Morgan fingerprint density at radius 3 is 2.39 bits per heavy atom. The van der Waals surface area contributed by atoms with Crippen LogP contribution in [0.1, 0.15) is 22.9 Å². The summed E-state index contributed by atoms with van der Waals surface area (Å²) in [6, 6.07) is 28.0. The van der Waals surface area contributed by atoms with Gasteiger partial charge in [0.1, 0.15) is 11.8 Å². The Kier molecular flexibility index (Phi) is 4.53. The first-order valence-electron chi connectivity index (χ1n) is 11.7. The van der Waals surface area contributed by atoms with E-state index in [2.05, 4.69) is 44.0 Å². The van der Waals surface area contributed by atoms with Gasteiger partial charge in [-0.1, -0.05) is 65.9 Å². The molecule has 0 bridgehead atoms. The molecule has 0 fully saturated rings. The highest BCUT2D eigenvalue weighted by atomic mass is 15.5. The molecule has 1 unspecified atom stereocenters. The van der Waals surface area contributed by atoms with Crippen LogP contribution in [0.3, 0.4) is 0 Å². The van der Waals surface area contributed by atoms with Gasteiger partial charge in [0.05, 0.1) is 22.9 Å². The standard InChI is InChI=1S/C27H21N9/c1-18-25(24-16-22(19-10-4-2-5-11-19)29-27-31-28-17-34(24)27)26(35(32-18)20-12-6-3-7-13-20)36-23-15-9-8-14-21(23)30-33-36/h2-17,24H,1H3,(H,29,31). The number of rotatable bonds is 4. The molecule has 9 nitrogen and oxygen atoms in total. The van der Waals surface area contributed by atoms with Crippen molar-refractivity contribution in [1.82, 2.24) is 39.5 Å². The maximum absolute atomic E-state index is 5.00. The molecule has 0 radical (unpaired) electrons. The molecule has 7 rings (SSSR count). The zero-order valence-electron chi connectivity index (χ0n) is 19.4. The Morgan fingerprint density at radius 1 is 0.806 bits per heavy atom. The summed E-state index contributed by atoms with van der Waals surface area (Å²) in [6.07, 6.45) is 3.93. The lowest BCUT2D eigenvalue weighted by atomic mass is 10.0. The molecule has 3 aromatic carbocycles. The van der Waals surface area contributed by atoms with Crippen LogP contribution in [0.5, 0.6) is 0 Å². The molecule has 1 aliphatic heterocycles. The fourth-order valence-corrected chi connectivity index (χ4v) is 4.80. The van der Waals surface area contributed by atoms with Crippen molar-refractivity contribution in [2.24, 2.45) is 0 Å². The maximum atomic E-state index is 5.00. The van der Waals surface area contributed by atoms with Crippen molar-refractivity contribution in [3.8, 4) is 11.5 Å². The molecule has 0 amide bonds. The highest BCUT2D eigenvalue weighted by molar-refractivity contribution is 5.79. The predicted octanol–water partition coefficient (Wildman–Crippen LogP) is 4.56. The number of para-hydroxylation sites is 2. The molecular formula is C27H21N9. The monoisotopic (exact) mass is 471 g/mol. The molecule has 0 aliphatic carbocycles. The van der Waals surface area contributed by atoms with Crippen LogP contribution in [-0.4, -0.2) is 39.5 Å². The average Bonchev–Trinajstić information content (AvgIpc) is 3.66. The topological polar surface area (TPSA) is 91.3 Å². The van der Waals surface area contributed by atoms with Crippen molar-refractivity contribution in [2.45, 2.75) is 13.0 Å². The number of benzene rings is 3. The Balaban J connectivity index is 1.52. The number of allylic oxidation sites excluding steroid dienone is 1. The van der Waals surface area contributed by atoms with Crippen molar-refractivity contribution in [1.29, 1.82) is 0 Å². The van der Waals surface area contributed by atoms with Gasteiger partial charge in [-0.2, -0.15) is 9.78 Å². The Hall–Kier alpha value is -5.05. The second-order valence-electron chi connectivity index (χ2n) is 8.64. The van der Waals surface area contributed by atoms with Gasteiger partial charge in [-0.3, -0.25) is 4.57 Å². The third kappa shape index (κ3) is 3.13. The molecule has 0 spiro atoms. The first-order chi connectivity index (χ1) is 17.8. The second-order valence-corrected chi connectivity index (χ2v) is 8.64. The summed E-state index contributed by atoms with van der Waals surface area (Å²) >= 11 is 0. The molecule has 1 atom stereocenters. The lowest BCUT2D eigenvalue weighted by Crippen LogP contribution is -2.20. The van der Waals surface area contributed by atoms with Crippen molar-refractivity contribution < 1.29 is 0 Å². The summed E-state index contributed by atoms with van der Waals surface area (Å²) in [5, 5.41) is 26.0. The molecule has 4 heterocycles. The van der Waals surface area contributed by atoms with E-state index in [-0.39, 0.29) is 6.04 Å². The van der Waals surface area contributed by atoms with Gasteiger partial charge in [-0.05, 0) is 42.8 Å². The van der Waals surface area contributed by atoms with Crippen LogP contribution in [0.25, 0.3) is 28.2 Å². The molecule has 6 aromatic rings. The molecule has 36 heavy (non-hydrogen) atoms. The number of nitrogens with zero attached hydrogens (tertiary/aromatic N) is 8. The summed E-state index contributed by atoms with van der Waals surface area (Å²) in [6.45, 7) is 2.03. The van der Waals surface area contributed by atoms with E-state index in [9.17, 15) is 0 Å². The van der Waals surface area contributed by atoms with E-state index < -0.39 is 0 Å². The van der Waals surface area contributed by atoms with Crippen molar-refractivity contribution in [3.05, 3.63) is 114 Å². The number of hydrogen-bond acceptors (Lipinski definition) is 6. The highest BCUT2D eigenvalue weighted by Gasteiger charge is 2.31. The second kappa shape index (κ2) is 8.02. The van der Waals surface area contributed by atoms with Crippen LogP contribution in [0.4, 0.5) is 5.95 Å². The first kappa shape index (κ1) is 20.3. The quantitative estimate of drug-likeness (QED) is 0.405. The van der Waals surface area contributed by atoms with Gasteiger partial charge < -0.3 is 5.32 Å². The third-order valence-electron chi connectivity index (χ3n) is 6.46. The number of hydrogen-bond donors (Lipinski definition) is 1. The summed E-state index contributed by atoms with van der Waals surface area (Å²) in [5.74, 6) is 1.49. The molecule has 0 saturated carbocycles. The van der Waals surface area contributed by atoms with Crippen molar-refractivity contribution in [2.75, 3.05) is 5.32 Å². The molecule has 1 aliphatic rings. The molecular weight excluding hydrogens is 450 g/mol. The number of fused-ring (bicyclic) bond motifs is 2. The van der Waals surface area contributed by atoms with Gasteiger partial charge in [0.25, 0.3) is 0 Å². The van der Waals surface area contributed by atoms with E-state index in [1.54, 1.807) is 6.33 Å². The Labute approximate surface area is 206 Å². The van der Waals surface area contributed by atoms with Gasteiger partial charge in [0.15, 0.2) is 5.82 Å². The van der Waals surface area contributed by atoms with Gasteiger partial charge in [-0.15, -0.1) is 15.3 Å². The van der Waals surface area contributed by atoms with Crippen LogP contribution in [0.2, 0.25) is 0 Å². The van der Waals surface area contributed by atoms with Crippen LogP contribution < -0.4 is 5.32 Å². The molecule has 3 aromatic heterocycles. The first-order valence-corrected chi connectivity index (χ1v) is 11.7. The van der Waals surface area contributed by atoms with Gasteiger partial charge in [0, 0.05) is 11.3 Å². The zero-order chi connectivity index (χ0) is 24.1. The van der Waals surface area contributed by atoms with Crippen LogP contribution in [-0.2, 0) is 0 Å². The lowest BCUT2D eigenvalue weighted by molar-refractivity contribution is 0.674. The summed E-state index contributed by atoms with van der Waals surface area (Å²) < 4.78 is 5.84. The number of aromatic nitrogens is 8. The van der Waals surface area contributed by atoms with E-state index in [4.69, 9.17) is 5.10 Å². The minimum atomic E-state index is -0.220. The molecule has 174 valence electrons. The van der Waals surface area contributed by atoms with E-state index in [0.29, 0.717) is 5.95 Å². The van der Waals surface area contributed by atoms with Gasteiger partial charge in [0.2, 0.25) is 5.95 Å². The maximum Gasteiger partial charge on any atom is 0.229 e. The van der Waals surface area contributed by atoms with Crippen molar-refractivity contribution in [3.63, 3.8) is 0 Å². The Morgan fingerprint density at radius 2 is 1.56 bits per heavy atom. The van der Waals surface area contributed by atoms with Gasteiger partial charge in [-0.25, -0.2) is 4.68 Å². The minimum Gasteiger partial charge on any atom is -0.324 e. The highest BCUT2D eigenvalue weighted by Crippen LogP contribution is 2.38. The SMILES string of the molecule is Cc1nn(-c2ccccc2)c(-n2nnc3ccccc32)c1C1C=C(c2ccccc2)Nc2nncn21. The predicted molar refractivity (Wildman–Crippen MR) is 137 cm³/mol. The molecule has 0 saturated heterocycles. The smallest absolute Gasteiger partial charge is 0.229 e. The van der Waals surface area contributed by atoms with E-state index >= 15 is 0 Å². The summed E-state index contributed by atoms with van der Waals surface area (Å²) in [5.41, 5.74) is 6.56. The van der Waals surface area contributed by atoms with Crippen LogP contribution >= 0.6 is 0 Å². The number of aryl methyl sites for hydroxylation is 1. The van der Waals surface area contributed by atoms with E-state index in [1.807, 2.05) is 93.7 Å². The fourth-order valence-electron chi connectivity index (χ4n) is 4.80. The van der Waals surface area contributed by atoms with Crippen LogP contribution in [0, 0.1) is 6.92 Å².